The number of hydrogen-bond acceptors (Lipinski definition) is 1. The van der Waals surface area contributed by atoms with Crippen LogP contribution in [0.25, 0.3) is 0 Å². The molecule has 0 bridgehead atoms. The summed E-state index contributed by atoms with van der Waals surface area (Å²) in [4.78, 5) is 13.3. The van der Waals surface area contributed by atoms with Crippen molar-refractivity contribution >= 4 is 21.8 Å². The van der Waals surface area contributed by atoms with Gasteiger partial charge in [-0.25, -0.2) is 4.39 Å². The van der Waals surface area contributed by atoms with Gasteiger partial charge in [-0.15, -0.1) is 0 Å². The van der Waals surface area contributed by atoms with E-state index >= 15 is 0 Å². The molecule has 1 aliphatic heterocycles. The molecule has 0 atom stereocenters. The first-order valence-corrected chi connectivity index (χ1v) is 6.16. The van der Waals surface area contributed by atoms with Gasteiger partial charge in [0, 0.05) is 29.5 Å². The Hall–Kier alpha value is -0.900. The molecule has 0 saturated heterocycles. The Kier molecular flexibility index (Phi) is 3.28. The van der Waals surface area contributed by atoms with Crippen molar-refractivity contribution in [2.45, 2.75) is 26.3 Å². The number of halogens is 2. The average Bonchev–Trinajstić information content (AvgIpc) is 2.32. The monoisotopic (exact) mass is 285 g/mol. The maximum Gasteiger partial charge on any atom is 0.222 e. The van der Waals surface area contributed by atoms with Gasteiger partial charge in [0.1, 0.15) is 5.82 Å². The Morgan fingerprint density at radius 2 is 2.25 bits per heavy atom. The van der Waals surface area contributed by atoms with E-state index in [4.69, 9.17) is 0 Å². The number of carbonyl (C=O) groups excluding carboxylic acids is 1. The molecule has 2 rings (SSSR count). The van der Waals surface area contributed by atoms with Gasteiger partial charge in [-0.3, -0.25) is 4.79 Å². The molecule has 0 aliphatic carbocycles. The molecule has 1 aromatic rings. The smallest absolute Gasteiger partial charge is 0.222 e. The lowest BCUT2D eigenvalue weighted by Gasteiger charge is -2.29. The lowest BCUT2D eigenvalue weighted by molar-refractivity contribution is -0.131. The van der Waals surface area contributed by atoms with Crippen LogP contribution in [-0.2, 0) is 17.8 Å². The van der Waals surface area contributed by atoms with E-state index < -0.39 is 0 Å². The van der Waals surface area contributed by atoms with Gasteiger partial charge in [-0.2, -0.15) is 0 Å². The number of hydrogen-bond donors (Lipinski definition) is 0. The number of carbonyl (C=O) groups is 1. The Labute approximate surface area is 103 Å². The van der Waals surface area contributed by atoms with Crippen molar-refractivity contribution in [3.8, 4) is 0 Å². The van der Waals surface area contributed by atoms with Crippen molar-refractivity contribution in [3.05, 3.63) is 33.5 Å². The molecule has 0 aromatic heterocycles. The summed E-state index contributed by atoms with van der Waals surface area (Å²) < 4.78 is 14.6. The molecule has 0 N–H and O–H groups in total. The molecule has 86 valence electrons. The van der Waals surface area contributed by atoms with Crippen LogP contribution in [-0.4, -0.2) is 17.4 Å². The van der Waals surface area contributed by atoms with Crippen LogP contribution < -0.4 is 0 Å². The Morgan fingerprint density at radius 3 is 2.94 bits per heavy atom. The van der Waals surface area contributed by atoms with Gasteiger partial charge in [0.05, 0.1) is 0 Å². The highest BCUT2D eigenvalue weighted by atomic mass is 79.9. The SMILES string of the molecule is CCC(=O)N1CCc2c(Br)ccc(F)c2C1. The maximum atomic E-state index is 13.6. The molecule has 1 heterocycles. The zero-order chi connectivity index (χ0) is 11.7. The highest BCUT2D eigenvalue weighted by molar-refractivity contribution is 9.10. The van der Waals surface area contributed by atoms with Crippen LogP contribution in [0, 0.1) is 5.82 Å². The van der Waals surface area contributed by atoms with E-state index in [-0.39, 0.29) is 11.7 Å². The molecule has 2 nitrogen and oxygen atoms in total. The topological polar surface area (TPSA) is 20.3 Å². The van der Waals surface area contributed by atoms with Crippen molar-refractivity contribution < 1.29 is 9.18 Å². The first kappa shape index (κ1) is 11.6. The molecule has 0 radical (unpaired) electrons. The molecule has 0 spiro atoms. The van der Waals surface area contributed by atoms with Gasteiger partial charge >= 0.3 is 0 Å². The maximum absolute atomic E-state index is 13.6. The van der Waals surface area contributed by atoms with E-state index in [0.29, 0.717) is 25.1 Å². The molecular formula is C12H13BrFNO. The average molecular weight is 286 g/mol. The number of rotatable bonds is 1. The first-order valence-electron chi connectivity index (χ1n) is 5.37. The Balaban J connectivity index is 2.33. The predicted octanol–water partition coefficient (Wildman–Crippen LogP) is 2.88. The summed E-state index contributed by atoms with van der Waals surface area (Å²) in [6.45, 7) is 2.91. The van der Waals surface area contributed by atoms with Crippen molar-refractivity contribution in [1.29, 1.82) is 0 Å². The first-order chi connectivity index (χ1) is 7.63. The second-order valence-corrected chi connectivity index (χ2v) is 4.76. The minimum absolute atomic E-state index is 0.0880. The van der Waals surface area contributed by atoms with Gasteiger partial charge in [-0.05, 0) is 24.1 Å². The number of amides is 1. The van der Waals surface area contributed by atoms with Crippen LogP contribution in [0.2, 0.25) is 0 Å². The van der Waals surface area contributed by atoms with Gasteiger partial charge in [-0.1, -0.05) is 22.9 Å². The van der Waals surface area contributed by atoms with Crippen LogP contribution in [0.1, 0.15) is 24.5 Å². The van der Waals surface area contributed by atoms with Crippen LogP contribution in [0.15, 0.2) is 16.6 Å². The third kappa shape index (κ3) is 1.98. The van der Waals surface area contributed by atoms with Gasteiger partial charge in [0.15, 0.2) is 0 Å². The van der Waals surface area contributed by atoms with E-state index in [9.17, 15) is 9.18 Å². The van der Waals surface area contributed by atoms with Crippen molar-refractivity contribution in [2.24, 2.45) is 0 Å². The van der Waals surface area contributed by atoms with E-state index in [1.807, 2.05) is 6.92 Å². The molecule has 1 aliphatic rings. The zero-order valence-corrected chi connectivity index (χ0v) is 10.7. The van der Waals surface area contributed by atoms with E-state index in [2.05, 4.69) is 15.9 Å². The van der Waals surface area contributed by atoms with Crippen molar-refractivity contribution in [3.63, 3.8) is 0 Å². The van der Waals surface area contributed by atoms with E-state index in [1.54, 1.807) is 11.0 Å². The summed E-state index contributed by atoms with van der Waals surface area (Å²) in [6.07, 6.45) is 1.20. The quantitative estimate of drug-likeness (QED) is 0.777. The molecule has 16 heavy (non-hydrogen) atoms. The summed E-state index contributed by atoms with van der Waals surface area (Å²) in [5, 5.41) is 0. The Morgan fingerprint density at radius 1 is 1.50 bits per heavy atom. The third-order valence-corrected chi connectivity index (χ3v) is 3.70. The van der Waals surface area contributed by atoms with Gasteiger partial charge in [0.25, 0.3) is 0 Å². The summed E-state index contributed by atoms with van der Waals surface area (Å²) in [5.74, 6) is -0.128. The molecule has 0 unspecified atom stereocenters. The minimum Gasteiger partial charge on any atom is -0.338 e. The van der Waals surface area contributed by atoms with Crippen molar-refractivity contribution in [2.75, 3.05) is 6.54 Å². The lowest BCUT2D eigenvalue weighted by Crippen LogP contribution is -2.36. The normalized spacial score (nSPS) is 14.8. The fraction of sp³-hybridized carbons (Fsp3) is 0.417. The fourth-order valence-corrected chi connectivity index (χ4v) is 2.60. The molecule has 0 fully saturated rings. The van der Waals surface area contributed by atoms with E-state index in [0.717, 1.165) is 16.5 Å². The summed E-state index contributed by atoms with van der Waals surface area (Å²) in [5.41, 5.74) is 1.66. The van der Waals surface area contributed by atoms with Crippen LogP contribution in [0.3, 0.4) is 0 Å². The lowest BCUT2D eigenvalue weighted by atomic mass is 9.99. The third-order valence-electron chi connectivity index (χ3n) is 2.95. The number of fused-ring (bicyclic) bond motifs is 1. The summed E-state index contributed by atoms with van der Waals surface area (Å²) >= 11 is 3.42. The summed E-state index contributed by atoms with van der Waals surface area (Å²) in [6, 6.07) is 3.17. The number of nitrogens with zero attached hydrogens (tertiary/aromatic N) is 1. The largest absolute Gasteiger partial charge is 0.338 e. The van der Waals surface area contributed by atoms with Crippen LogP contribution >= 0.6 is 15.9 Å². The molecule has 1 aromatic carbocycles. The minimum atomic E-state index is -0.216. The second-order valence-electron chi connectivity index (χ2n) is 3.91. The standard InChI is InChI=1S/C12H13BrFNO/c1-2-12(16)15-6-5-8-9(7-15)11(14)4-3-10(8)13/h3-4H,2,5-7H2,1H3. The number of benzene rings is 1. The van der Waals surface area contributed by atoms with Crippen LogP contribution in [0.5, 0.6) is 0 Å². The summed E-state index contributed by atoms with van der Waals surface area (Å²) in [7, 11) is 0. The molecule has 0 saturated carbocycles. The molecular weight excluding hydrogens is 273 g/mol. The zero-order valence-electron chi connectivity index (χ0n) is 9.09. The highest BCUT2D eigenvalue weighted by Crippen LogP contribution is 2.28. The van der Waals surface area contributed by atoms with Crippen molar-refractivity contribution in [1.82, 2.24) is 4.90 Å². The van der Waals surface area contributed by atoms with Gasteiger partial charge in [0.2, 0.25) is 5.91 Å². The molecule has 4 heteroatoms. The second kappa shape index (κ2) is 4.53. The van der Waals surface area contributed by atoms with E-state index in [1.165, 1.54) is 6.07 Å². The molecule has 1 amide bonds. The van der Waals surface area contributed by atoms with Crippen LogP contribution in [0.4, 0.5) is 4.39 Å². The Bertz CT molecular complexity index is 433. The fourth-order valence-electron chi connectivity index (χ4n) is 2.03. The predicted molar refractivity (Wildman–Crippen MR) is 63.5 cm³/mol. The highest BCUT2D eigenvalue weighted by Gasteiger charge is 2.23. The van der Waals surface area contributed by atoms with Gasteiger partial charge < -0.3 is 4.90 Å².